The number of rotatable bonds is 7. The molecule has 1 unspecified atom stereocenters. The highest BCUT2D eigenvalue weighted by Gasteiger charge is 2.31. The summed E-state index contributed by atoms with van der Waals surface area (Å²) in [5, 5.41) is 0.478. The Kier molecular flexibility index (Phi) is 7.82. The molecular weight excluding hydrogens is 415 g/mol. The molecular formula is C22H26F3NOS2. The molecule has 2 aromatic rings. The average molecular weight is 442 g/mol. The topological polar surface area (TPSA) is 12.5 Å². The number of ether oxygens (including phenoxy) is 1. The van der Waals surface area contributed by atoms with Crippen LogP contribution in [0, 0.1) is 0 Å². The minimum atomic E-state index is -4.65. The smallest absolute Gasteiger partial charge is 0.406 e. The van der Waals surface area contributed by atoms with Crippen molar-refractivity contribution in [3.05, 3.63) is 54.1 Å². The highest BCUT2D eigenvalue weighted by atomic mass is 32.2. The van der Waals surface area contributed by atoms with Gasteiger partial charge in [-0.1, -0.05) is 32.0 Å². The van der Waals surface area contributed by atoms with Crippen LogP contribution in [-0.4, -0.2) is 29.0 Å². The van der Waals surface area contributed by atoms with Crippen LogP contribution >= 0.6 is 23.7 Å². The van der Waals surface area contributed by atoms with E-state index in [4.69, 9.17) is 0 Å². The van der Waals surface area contributed by atoms with Crippen LogP contribution in [0.25, 0.3) is 0 Å². The molecule has 158 valence electrons. The Labute approximate surface area is 179 Å². The number of alkyl halides is 3. The van der Waals surface area contributed by atoms with Gasteiger partial charge >= 0.3 is 6.36 Å². The average Bonchev–Trinajstić information content (AvgIpc) is 2.70. The fourth-order valence-electron chi connectivity index (χ4n) is 3.28. The molecule has 0 radical (unpaired) electrons. The molecule has 7 heteroatoms. The van der Waals surface area contributed by atoms with Crippen LogP contribution in [0.5, 0.6) is 5.75 Å². The van der Waals surface area contributed by atoms with Crippen LogP contribution in [0.15, 0.2) is 58.3 Å². The minimum Gasteiger partial charge on any atom is -0.406 e. The van der Waals surface area contributed by atoms with Crippen molar-refractivity contribution in [3.8, 4) is 5.75 Å². The Bertz CT molecular complexity index is 774. The largest absolute Gasteiger partial charge is 0.573 e. The number of thioether (sulfide) groups is 1. The van der Waals surface area contributed by atoms with Crippen molar-refractivity contribution >= 4 is 23.7 Å². The number of halogens is 3. The van der Waals surface area contributed by atoms with Gasteiger partial charge in [0.15, 0.2) is 0 Å². The van der Waals surface area contributed by atoms with Crippen LogP contribution < -0.4 is 4.74 Å². The third-order valence-electron chi connectivity index (χ3n) is 5.05. The molecule has 1 atom stereocenters. The molecule has 2 aromatic carbocycles. The lowest BCUT2D eigenvalue weighted by molar-refractivity contribution is -0.274. The molecule has 2 nitrogen and oxygen atoms in total. The van der Waals surface area contributed by atoms with Crippen LogP contribution in [0.4, 0.5) is 13.2 Å². The van der Waals surface area contributed by atoms with Crippen LogP contribution in [0.2, 0.25) is 0 Å². The van der Waals surface area contributed by atoms with Gasteiger partial charge in [-0.05, 0) is 73.0 Å². The van der Waals surface area contributed by atoms with E-state index in [1.165, 1.54) is 22.6 Å². The fourth-order valence-corrected chi connectivity index (χ4v) is 5.59. The Hall–Kier alpha value is -1.31. The van der Waals surface area contributed by atoms with Gasteiger partial charge in [-0.25, -0.2) is 4.31 Å². The van der Waals surface area contributed by atoms with Gasteiger partial charge in [0.2, 0.25) is 0 Å². The van der Waals surface area contributed by atoms with E-state index >= 15 is 0 Å². The van der Waals surface area contributed by atoms with Gasteiger partial charge in [0.05, 0.1) is 0 Å². The first-order valence-corrected chi connectivity index (χ1v) is 11.5. The first-order valence-electron chi connectivity index (χ1n) is 9.88. The number of hydrogen-bond acceptors (Lipinski definition) is 4. The molecule has 0 spiro atoms. The van der Waals surface area contributed by atoms with Crippen molar-refractivity contribution in [2.45, 2.75) is 60.4 Å². The molecule has 0 amide bonds. The maximum absolute atomic E-state index is 12.3. The quantitative estimate of drug-likeness (QED) is 0.416. The zero-order valence-electron chi connectivity index (χ0n) is 16.6. The summed E-state index contributed by atoms with van der Waals surface area (Å²) in [4.78, 5) is 2.32. The first kappa shape index (κ1) is 22.4. The lowest BCUT2D eigenvalue weighted by Gasteiger charge is -2.31. The highest BCUT2D eigenvalue weighted by Crippen LogP contribution is 2.37. The molecule has 0 saturated carbocycles. The third kappa shape index (κ3) is 6.86. The summed E-state index contributed by atoms with van der Waals surface area (Å²) >= 11 is 3.59. The normalized spacial score (nSPS) is 17.3. The molecule has 0 aromatic heterocycles. The summed E-state index contributed by atoms with van der Waals surface area (Å²) < 4.78 is 43.2. The molecule has 1 aliphatic heterocycles. The van der Waals surface area contributed by atoms with Gasteiger partial charge in [0, 0.05) is 28.1 Å². The van der Waals surface area contributed by atoms with E-state index in [9.17, 15) is 13.2 Å². The second-order valence-corrected chi connectivity index (χ2v) is 9.72. The Balaban J connectivity index is 1.50. The van der Waals surface area contributed by atoms with Gasteiger partial charge < -0.3 is 4.74 Å². The van der Waals surface area contributed by atoms with E-state index in [0.717, 1.165) is 37.2 Å². The monoisotopic (exact) mass is 441 g/mol. The molecule has 1 heterocycles. The Morgan fingerprint density at radius 3 is 2.34 bits per heavy atom. The van der Waals surface area contributed by atoms with Gasteiger partial charge in [-0.15, -0.1) is 24.9 Å². The zero-order chi connectivity index (χ0) is 20.9. The Morgan fingerprint density at radius 1 is 1.07 bits per heavy atom. The lowest BCUT2D eigenvalue weighted by atomic mass is 9.99. The second kappa shape index (κ2) is 10.1. The van der Waals surface area contributed by atoms with E-state index in [0.29, 0.717) is 11.2 Å². The van der Waals surface area contributed by atoms with E-state index in [2.05, 4.69) is 47.2 Å². The molecule has 1 saturated heterocycles. The SMILES string of the molecule is CCC(C)c1ccccc1SN1CCC(Sc2ccc(OC(F)(F)F)cc2)CC1. The lowest BCUT2D eigenvalue weighted by Crippen LogP contribution is -2.29. The number of benzene rings is 2. The summed E-state index contributed by atoms with van der Waals surface area (Å²) in [6.45, 7) is 6.50. The van der Waals surface area contributed by atoms with Crippen molar-refractivity contribution in [1.29, 1.82) is 0 Å². The Morgan fingerprint density at radius 2 is 1.72 bits per heavy atom. The van der Waals surface area contributed by atoms with Crippen LogP contribution in [-0.2, 0) is 0 Å². The highest BCUT2D eigenvalue weighted by molar-refractivity contribution is 8.00. The summed E-state index contributed by atoms with van der Waals surface area (Å²) in [5.41, 5.74) is 1.41. The predicted octanol–water partition coefficient (Wildman–Crippen LogP) is 7.36. The predicted molar refractivity (Wildman–Crippen MR) is 115 cm³/mol. The third-order valence-corrected chi connectivity index (χ3v) is 7.59. The molecule has 0 N–H and O–H groups in total. The van der Waals surface area contributed by atoms with Gasteiger partial charge in [-0.2, -0.15) is 0 Å². The summed E-state index contributed by atoms with van der Waals surface area (Å²) in [7, 11) is 0. The van der Waals surface area contributed by atoms with Crippen molar-refractivity contribution in [3.63, 3.8) is 0 Å². The molecule has 0 aliphatic carbocycles. The maximum atomic E-state index is 12.3. The minimum absolute atomic E-state index is 0.173. The summed E-state index contributed by atoms with van der Waals surface area (Å²) in [6.07, 6.45) is -1.40. The fraction of sp³-hybridized carbons (Fsp3) is 0.455. The van der Waals surface area contributed by atoms with Crippen LogP contribution in [0.3, 0.4) is 0 Å². The molecule has 0 bridgehead atoms. The van der Waals surface area contributed by atoms with Crippen molar-refractivity contribution in [2.24, 2.45) is 0 Å². The van der Waals surface area contributed by atoms with E-state index in [1.54, 1.807) is 23.9 Å². The second-order valence-electron chi connectivity index (χ2n) is 7.20. The van der Waals surface area contributed by atoms with E-state index in [1.807, 2.05) is 11.9 Å². The van der Waals surface area contributed by atoms with E-state index < -0.39 is 6.36 Å². The molecule has 1 aliphatic rings. The molecule has 29 heavy (non-hydrogen) atoms. The standard InChI is InChI=1S/C22H26F3NOS2/c1-3-16(2)20-6-4-5-7-21(20)29-26-14-12-19(13-15-26)28-18-10-8-17(9-11-18)27-22(23,24)25/h4-11,16,19H,3,12-15H2,1-2H3. The first-order chi connectivity index (χ1) is 13.8. The van der Waals surface area contributed by atoms with Crippen molar-refractivity contribution < 1.29 is 17.9 Å². The van der Waals surface area contributed by atoms with Gasteiger partial charge in [0.1, 0.15) is 5.75 Å². The molecule has 1 fully saturated rings. The van der Waals surface area contributed by atoms with Crippen molar-refractivity contribution in [1.82, 2.24) is 4.31 Å². The number of hydrogen-bond donors (Lipinski definition) is 0. The summed E-state index contributed by atoms with van der Waals surface area (Å²) in [6, 6.07) is 14.8. The van der Waals surface area contributed by atoms with Gasteiger partial charge in [-0.3, -0.25) is 0 Å². The van der Waals surface area contributed by atoms with Crippen LogP contribution in [0.1, 0.15) is 44.6 Å². The van der Waals surface area contributed by atoms with Gasteiger partial charge in [0.25, 0.3) is 0 Å². The van der Waals surface area contributed by atoms with E-state index in [-0.39, 0.29) is 5.75 Å². The number of nitrogens with zero attached hydrogens (tertiary/aromatic N) is 1. The maximum Gasteiger partial charge on any atom is 0.573 e. The van der Waals surface area contributed by atoms with Crippen molar-refractivity contribution in [2.75, 3.05) is 13.1 Å². The summed E-state index contributed by atoms with van der Waals surface area (Å²) in [5.74, 6) is 0.379. The molecule has 3 rings (SSSR count). The zero-order valence-corrected chi connectivity index (χ0v) is 18.2. The number of piperidine rings is 1.